The van der Waals surface area contributed by atoms with Gasteiger partial charge in [-0.3, -0.25) is 0 Å². The highest BCUT2D eigenvalue weighted by atomic mass is 32.2. The standard InChI is InChI=1S/C4H4N2S2/c1-2-7-4-3(1)5-6-8-4/h1-2H2. The maximum atomic E-state index is 3.94. The van der Waals surface area contributed by atoms with Gasteiger partial charge in [-0.25, -0.2) is 0 Å². The molecule has 0 aliphatic carbocycles. The molecule has 1 aliphatic rings. The highest BCUT2D eigenvalue weighted by Crippen LogP contribution is 2.31. The Hall–Kier alpha value is -0.0900. The lowest BCUT2D eigenvalue weighted by atomic mass is 10.4. The van der Waals surface area contributed by atoms with Gasteiger partial charge in [-0.15, -0.1) is 16.9 Å². The summed E-state index contributed by atoms with van der Waals surface area (Å²) in [5.41, 5.74) is 1.21. The molecule has 4 heteroatoms. The van der Waals surface area contributed by atoms with Gasteiger partial charge in [-0.2, -0.15) is 0 Å². The van der Waals surface area contributed by atoms with Crippen LogP contribution in [0.25, 0.3) is 0 Å². The van der Waals surface area contributed by atoms with Crippen LogP contribution in [0.1, 0.15) is 5.69 Å². The summed E-state index contributed by atoms with van der Waals surface area (Å²) in [5, 5.41) is 3.94. The Balaban J connectivity index is 2.54. The number of hydrogen-bond acceptors (Lipinski definition) is 4. The predicted octanol–water partition coefficient (Wildman–Crippen LogP) is 1.19. The summed E-state index contributed by atoms with van der Waals surface area (Å²) in [6.07, 6.45) is 1.12. The summed E-state index contributed by atoms with van der Waals surface area (Å²) < 4.78 is 5.14. The first-order valence-electron chi connectivity index (χ1n) is 2.41. The van der Waals surface area contributed by atoms with Gasteiger partial charge in [-0.1, -0.05) is 4.49 Å². The van der Waals surface area contributed by atoms with Crippen LogP contribution in [0, 0.1) is 0 Å². The molecule has 0 bridgehead atoms. The van der Waals surface area contributed by atoms with Crippen molar-refractivity contribution >= 4 is 23.3 Å². The first-order chi connectivity index (χ1) is 3.97. The smallest absolute Gasteiger partial charge is 0.104 e. The van der Waals surface area contributed by atoms with Crippen LogP contribution in [0.15, 0.2) is 4.21 Å². The fraction of sp³-hybridized carbons (Fsp3) is 0.500. The molecule has 0 atom stereocenters. The number of rotatable bonds is 0. The fourth-order valence-electron chi connectivity index (χ4n) is 0.702. The molecule has 0 amide bonds. The monoisotopic (exact) mass is 144 g/mol. The van der Waals surface area contributed by atoms with Gasteiger partial charge in [0.1, 0.15) is 4.21 Å². The van der Waals surface area contributed by atoms with E-state index in [1.807, 2.05) is 11.8 Å². The van der Waals surface area contributed by atoms with Crippen LogP contribution in [0.4, 0.5) is 0 Å². The normalized spacial score (nSPS) is 16.5. The molecule has 0 fully saturated rings. The second kappa shape index (κ2) is 1.70. The lowest BCUT2D eigenvalue weighted by molar-refractivity contribution is 0.994. The summed E-state index contributed by atoms with van der Waals surface area (Å²) in [5.74, 6) is 1.21. The van der Waals surface area contributed by atoms with E-state index < -0.39 is 0 Å². The molecule has 2 nitrogen and oxygen atoms in total. The maximum absolute atomic E-state index is 3.94. The van der Waals surface area contributed by atoms with Crippen LogP contribution >= 0.6 is 23.3 Å². The van der Waals surface area contributed by atoms with Crippen LogP contribution < -0.4 is 0 Å². The van der Waals surface area contributed by atoms with Gasteiger partial charge in [0, 0.05) is 12.2 Å². The van der Waals surface area contributed by atoms with Crippen molar-refractivity contribution in [2.45, 2.75) is 10.6 Å². The Bertz CT molecular complexity index is 177. The number of fused-ring (bicyclic) bond motifs is 1. The molecule has 0 aromatic carbocycles. The van der Waals surface area contributed by atoms with Gasteiger partial charge < -0.3 is 0 Å². The molecule has 42 valence electrons. The Morgan fingerprint density at radius 2 is 2.50 bits per heavy atom. The quantitative estimate of drug-likeness (QED) is 0.547. The SMILES string of the molecule is C1Cc2nnsc2S1. The summed E-state index contributed by atoms with van der Waals surface area (Å²) in [6.45, 7) is 0. The van der Waals surface area contributed by atoms with Gasteiger partial charge in [0.2, 0.25) is 0 Å². The molecular weight excluding hydrogens is 140 g/mol. The largest absolute Gasteiger partial charge is 0.142 e. The molecule has 0 saturated carbocycles. The molecule has 2 heterocycles. The van der Waals surface area contributed by atoms with E-state index in [0.29, 0.717) is 0 Å². The molecule has 0 spiro atoms. The van der Waals surface area contributed by atoms with E-state index >= 15 is 0 Å². The Labute approximate surface area is 55.5 Å². The number of aryl methyl sites for hydroxylation is 1. The van der Waals surface area contributed by atoms with Crippen LogP contribution in [-0.4, -0.2) is 15.3 Å². The van der Waals surface area contributed by atoms with Crippen molar-refractivity contribution in [2.75, 3.05) is 5.75 Å². The minimum atomic E-state index is 1.12. The number of thioether (sulfide) groups is 1. The third-order valence-electron chi connectivity index (χ3n) is 1.09. The maximum Gasteiger partial charge on any atom is 0.104 e. The van der Waals surface area contributed by atoms with Crippen molar-refractivity contribution < 1.29 is 0 Å². The Morgan fingerprint density at radius 3 is 3.38 bits per heavy atom. The van der Waals surface area contributed by atoms with Gasteiger partial charge >= 0.3 is 0 Å². The summed E-state index contributed by atoms with van der Waals surface area (Å²) in [6, 6.07) is 0. The first kappa shape index (κ1) is 4.76. The molecule has 1 aliphatic heterocycles. The van der Waals surface area contributed by atoms with E-state index in [9.17, 15) is 0 Å². The summed E-state index contributed by atoms with van der Waals surface area (Å²) in [7, 11) is 0. The zero-order valence-corrected chi connectivity index (χ0v) is 5.76. The number of nitrogens with zero attached hydrogens (tertiary/aromatic N) is 2. The average Bonchev–Trinajstić information content (AvgIpc) is 2.15. The van der Waals surface area contributed by atoms with Gasteiger partial charge in [0.25, 0.3) is 0 Å². The first-order valence-corrected chi connectivity index (χ1v) is 4.17. The van der Waals surface area contributed by atoms with Crippen LogP contribution in [0.2, 0.25) is 0 Å². The van der Waals surface area contributed by atoms with Crippen molar-refractivity contribution in [3.63, 3.8) is 0 Å². The van der Waals surface area contributed by atoms with Gasteiger partial charge in [-0.05, 0) is 11.5 Å². The van der Waals surface area contributed by atoms with Crippen LogP contribution in [0.3, 0.4) is 0 Å². The summed E-state index contributed by atoms with van der Waals surface area (Å²) >= 11 is 3.38. The van der Waals surface area contributed by atoms with Crippen LogP contribution in [0.5, 0.6) is 0 Å². The van der Waals surface area contributed by atoms with Crippen molar-refractivity contribution in [3.05, 3.63) is 5.69 Å². The molecule has 0 radical (unpaired) electrons. The minimum absolute atomic E-state index is 1.12. The molecule has 2 rings (SSSR count). The molecule has 0 N–H and O–H groups in total. The predicted molar refractivity (Wildman–Crippen MR) is 34.3 cm³/mol. The van der Waals surface area contributed by atoms with Crippen molar-refractivity contribution in [1.29, 1.82) is 0 Å². The van der Waals surface area contributed by atoms with E-state index in [1.54, 1.807) is 0 Å². The molecule has 0 saturated heterocycles. The molecule has 1 aromatic rings. The number of hydrogen-bond donors (Lipinski definition) is 0. The van der Waals surface area contributed by atoms with Crippen molar-refractivity contribution in [3.8, 4) is 0 Å². The topological polar surface area (TPSA) is 25.8 Å². The third kappa shape index (κ3) is 0.563. The van der Waals surface area contributed by atoms with E-state index in [1.165, 1.54) is 27.2 Å². The fourth-order valence-corrected chi connectivity index (χ4v) is 2.52. The zero-order chi connectivity index (χ0) is 5.40. The lowest BCUT2D eigenvalue weighted by Gasteiger charge is -1.74. The Kier molecular flexibility index (Phi) is 1.01. The highest BCUT2D eigenvalue weighted by Gasteiger charge is 2.14. The second-order valence-corrected chi connectivity index (χ2v) is 3.72. The number of aromatic nitrogens is 2. The zero-order valence-electron chi connectivity index (χ0n) is 4.13. The minimum Gasteiger partial charge on any atom is -0.142 e. The molecule has 8 heavy (non-hydrogen) atoms. The van der Waals surface area contributed by atoms with Gasteiger partial charge in [0.05, 0.1) is 5.69 Å². The van der Waals surface area contributed by atoms with Crippen molar-refractivity contribution in [1.82, 2.24) is 9.59 Å². The van der Waals surface area contributed by atoms with E-state index in [-0.39, 0.29) is 0 Å². The highest BCUT2D eigenvalue weighted by molar-refractivity contribution is 8.01. The average molecular weight is 144 g/mol. The van der Waals surface area contributed by atoms with E-state index in [4.69, 9.17) is 0 Å². The second-order valence-electron chi connectivity index (χ2n) is 1.61. The van der Waals surface area contributed by atoms with E-state index in [0.717, 1.165) is 6.42 Å². The molecule has 0 unspecified atom stereocenters. The molecule has 1 aromatic heterocycles. The lowest BCUT2D eigenvalue weighted by Crippen LogP contribution is -1.79. The summed E-state index contributed by atoms with van der Waals surface area (Å²) in [4.78, 5) is 0. The van der Waals surface area contributed by atoms with Crippen LogP contribution in [-0.2, 0) is 6.42 Å². The molecular formula is C4H4N2S2. The van der Waals surface area contributed by atoms with Gasteiger partial charge in [0.15, 0.2) is 0 Å². The van der Waals surface area contributed by atoms with Crippen molar-refractivity contribution in [2.24, 2.45) is 0 Å². The third-order valence-corrected chi connectivity index (χ3v) is 3.14. The van der Waals surface area contributed by atoms with E-state index in [2.05, 4.69) is 9.59 Å². The Morgan fingerprint density at radius 1 is 1.50 bits per heavy atom.